The minimum atomic E-state index is 0.275. The third kappa shape index (κ3) is 3.19. The van der Waals surface area contributed by atoms with Crippen LogP contribution in [-0.4, -0.2) is 16.6 Å². The standard InChI is InChI=1S/C13H19N3O/c1-9-5-3-4-6-11(9)8-17-12-7-10(2)15-13(14)16-12/h3-4,7,9,11H,5-6,8H2,1-2H3,(H2,14,15,16). The number of ether oxygens (including phenoxy) is 1. The van der Waals surface area contributed by atoms with E-state index in [1.165, 1.54) is 0 Å². The first-order chi connectivity index (χ1) is 8.15. The quantitative estimate of drug-likeness (QED) is 0.814. The van der Waals surface area contributed by atoms with Crippen molar-refractivity contribution >= 4 is 5.95 Å². The molecule has 17 heavy (non-hydrogen) atoms. The molecule has 0 aromatic carbocycles. The molecule has 2 atom stereocenters. The van der Waals surface area contributed by atoms with Gasteiger partial charge >= 0.3 is 0 Å². The highest BCUT2D eigenvalue weighted by molar-refractivity contribution is 5.25. The van der Waals surface area contributed by atoms with Crippen molar-refractivity contribution in [1.82, 2.24) is 9.97 Å². The van der Waals surface area contributed by atoms with Crippen molar-refractivity contribution in [3.05, 3.63) is 23.9 Å². The molecule has 0 spiro atoms. The van der Waals surface area contributed by atoms with Gasteiger partial charge in [-0.1, -0.05) is 19.1 Å². The molecule has 0 saturated carbocycles. The van der Waals surface area contributed by atoms with Crippen molar-refractivity contribution in [2.45, 2.75) is 26.7 Å². The number of hydrogen-bond acceptors (Lipinski definition) is 4. The summed E-state index contributed by atoms with van der Waals surface area (Å²) in [5.74, 6) is 2.09. The first kappa shape index (κ1) is 11.9. The summed E-state index contributed by atoms with van der Waals surface area (Å²) in [6, 6.07) is 1.82. The Morgan fingerprint density at radius 1 is 1.35 bits per heavy atom. The molecule has 4 heteroatoms. The first-order valence-electron chi connectivity index (χ1n) is 6.04. The normalized spacial score (nSPS) is 23.6. The molecule has 0 radical (unpaired) electrons. The average molecular weight is 233 g/mol. The summed E-state index contributed by atoms with van der Waals surface area (Å²) in [5.41, 5.74) is 6.42. The van der Waals surface area contributed by atoms with Gasteiger partial charge in [-0.05, 0) is 31.6 Å². The van der Waals surface area contributed by atoms with Crippen LogP contribution >= 0.6 is 0 Å². The number of aromatic nitrogens is 2. The second kappa shape index (κ2) is 5.17. The molecule has 0 aliphatic heterocycles. The molecule has 2 N–H and O–H groups in total. The third-order valence-electron chi connectivity index (χ3n) is 3.21. The van der Waals surface area contributed by atoms with Gasteiger partial charge in [0, 0.05) is 11.8 Å². The van der Waals surface area contributed by atoms with E-state index < -0.39 is 0 Å². The molecule has 1 heterocycles. The van der Waals surface area contributed by atoms with E-state index in [-0.39, 0.29) is 5.95 Å². The molecule has 0 saturated heterocycles. The maximum Gasteiger partial charge on any atom is 0.223 e. The van der Waals surface area contributed by atoms with Gasteiger partial charge in [0.2, 0.25) is 11.8 Å². The second-order valence-corrected chi connectivity index (χ2v) is 4.70. The molecule has 2 unspecified atom stereocenters. The van der Waals surface area contributed by atoms with Crippen molar-refractivity contribution in [3.63, 3.8) is 0 Å². The van der Waals surface area contributed by atoms with Gasteiger partial charge in [-0.2, -0.15) is 4.98 Å². The molecule has 1 aromatic rings. The maximum absolute atomic E-state index is 5.71. The van der Waals surface area contributed by atoms with Crippen LogP contribution in [0.4, 0.5) is 5.95 Å². The van der Waals surface area contributed by atoms with Gasteiger partial charge in [0.05, 0.1) is 6.61 Å². The van der Waals surface area contributed by atoms with E-state index in [4.69, 9.17) is 10.5 Å². The Hall–Kier alpha value is -1.58. The summed E-state index contributed by atoms with van der Waals surface area (Å²) >= 11 is 0. The van der Waals surface area contributed by atoms with Crippen LogP contribution in [0.25, 0.3) is 0 Å². The Balaban J connectivity index is 1.95. The van der Waals surface area contributed by atoms with Crippen molar-refractivity contribution in [2.24, 2.45) is 11.8 Å². The van der Waals surface area contributed by atoms with Gasteiger partial charge in [-0.3, -0.25) is 0 Å². The zero-order valence-corrected chi connectivity index (χ0v) is 10.4. The minimum absolute atomic E-state index is 0.275. The van der Waals surface area contributed by atoms with Gasteiger partial charge in [-0.15, -0.1) is 0 Å². The van der Waals surface area contributed by atoms with Crippen LogP contribution in [0, 0.1) is 18.8 Å². The first-order valence-corrected chi connectivity index (χ1v) is 6.04. The molecular weight excluding hydrogens is 214 g/mol. The highest BCUT2D eigenvalue weighted by Crippen LogP contribution is 2.25. The van der Waals surface area contributed by atoms with Gasteiger partial charge in [-0.25, -0.2) is 4.98 Å². The molecule has 2 rings (SSSR count). The smallest absolute Gasteiger partial charge is 0.223 e. The predicted octanol–water partition coefficient (Wildman–Crippen LogP) is 2.35. The lowest BCUT2D eigenvalue weighted by Gasteiger charge is -2.24. The maximum atomic E-state index is 5.71. The van der Waals surface area contributed by atoms with E-state index in [0.717, 1.165) is 18.5 Å². The number of aryl methyl sites for hydroxylation is 1. The fraction of sp³-hybridized carbons (Fsp3) is 0.538. The monoisotopic (exact) mass is 233 g/mol. The van der Waals surface area contributed by atoms with Crippen LogP contribution in [0.3, 0.4) is 0 Å². The summed E-state index contributed by atoms with van der Waals surface area (Å²) in [7, 11) is 0. The number of allylic oxidation sites excluding steroid dienone is 2. The zero-order valence-electron chi connectivity index (χ0n) is 10.4. The lowest BCUT2D eigenvalue weighted by atomic mass is 9.85. The zero-order chi connectivity index (χ0) is 12.3. The molecule has 0 amide bonds. The van der Waals surface area contributed by atoms with E-state index in [2.05, 4.69) is 29.0 Å². The Bertz CT molecular complexity index is 397. The number of nitrogens with two attached hydrogens (primary N) is 1. The van der Waals surface area contributed by atoms with Crippen LogP contribution in [0.5, 0.6) is 5.88 Å². The molecule has 1 aromatic heterocycles. The summed E-state index contributed by atoms with van der Waals surface area (Å²) in [5, 5.41) is 0. The topological polar surface area (TPSA) is 61.0 Å². The Morgan fingerprint density at radius 2 is 2.12 bits per heavy atom. The molecule has 0 fully saturated rings. The van der Waals surface area contributed by atoms with E-state index in [1.54, 1.807) is 0 Å². The fourth-order valence-corrected chi connectivity index (χ4v) is 2.07. The molecule has 1 aliphatic rings. The molecule has 1 aliphatic carbocycles. The van der Waals surface area contributed by atoms with E-state index in [9.17, 15) is 0 Å². The number of anilines is 1. The summed E-state index contributed by atoms with van der Waals surface area (Å²) in [6.07, 6.45) is 6.70. The van der Waals surface area contributed by atoms with Crippen LogP contribution < -0.4 is 10.5 Å². The van der Waals surface area contributed by atoms with Gasteiger partial charge in [0.1, 0.15) is 0 Å². The van der Waals surface area contributed by atoms with Crippen LogP contribution in [-0.2, 0) is 0 Å². The number of nitrogens with zero attached hydrogens (tertiary/aromatic N) is 2. The Morgan fingerprint density at radius 3 is 2.82 bits per heavy atom. The summed E-state index contributed by atoms with van der Waals surface area (Å²) in [4.78, 5) is 8.09. The lowest BCUT2D eigenvalue weighted by Crippen LogP contribution is -2.21. The van der Waals surface area contributed by atoms with E-state index in [0.29, 0.717) is 24.3 Å². The summed E-state index contributed by atoms with van der Waals surface area (Å²) in [6.45, 7) is 4.84. The third-order valence-corrected chi connectivity index (χ3v) is 3.21. The van der Waals surface area contributed by atoms with Gasteiger partial charge < -0.3 is 10.5 Å². The Labute approximate surface area is 102 Å². The van der Waals surface area contributed by atoms with Crippen molar-refractivity contribution in [1.29, 1.82) is 0 Å². The number of rotatable bonds is 3. The lowest BCUT2D eigenvalue weighted by molar-refractivity contribution is 0.192. The van der Waals surface area contributed by atoms with Crippen molar-refractivity contribution < 1.29 is 4.74 Å². The Kier molecular flexibility index (Phi) is 3.61. The average Bonchev–Trinajstić information content (AvgIpc) is 2.27. The van der Waals surface area contributed by atoms with E-state index in [1.807, 2.05) is 13.0 Å². The van der Waals surface area contributed by atoms with Crippen molar-refractivity contribution in [2.75, 3.05) is 12.3 Å². The van der Waals surface area contributed by atoms with E-state index >= 15 is 0 Å². The van der Waals surface area contributed by atoms with Crippen LogP contribution in [0.2, 0.25) is 0 Å². The van der Waals surface area contributed by atoms with Crippen LogP contribution in [0.1, 0.15) is 25.5 Å². The van der Waals surface area contributed by atoms with Crippen molar-refractivity contribution in [3.8, 4) is 5.88 Å². The largest absolute Gasteiger partial charge is 0.477 e. The fourth-order valence-electron chi connectivity index (χ4n) is 2.07. The highest BCUT2D eigenvalue weighted by Gasteiger charge is 2.19. The number of hydrogen-bond donors (Lipinski definition) is 1. The minimum Gasteiger partial charge on any atom is -0.477 e. The predicted molar refractivity (Wildman–Crippen MR) is 67.7 cm³/mol. The van der Waals surface area contributed by atoms with Gasteiger partial charge in [0.25, 0.3) is 0 Å². The second-order valence-electron chi connectivity index (χ2n) is 4.70. The molecule has 92 valence electrons. The SMILES string of the molecule is Cc1cc(OCC2CC=CCC2C)nc(N)n1. The van der Waals surface area contributed by atoms with Crippen LogP contribution in [0.15, 0.2) is 18.2 Å². The molecule has 0 bridgehead atoms. The highest BCUT2D eigenvalue weighted by atomic mass is 16.5. The molecular formula is C13H19N3O. The summed E-state index contributed by atoms with van der Waals surface area (Å²) < 4.78 is 5.71. The number of nitrogen functional groups attached to an aromatic ring is 1. The molecule has 4 nitrogen and oxygen atoms in total. The van der Waals surface area contributed by atoms with Gasteiger partial charge in [0.15, 0.2) is 0 Å².